The molecule has 0 nitrogen and oxygen atoms in total. The number of hydrogen-bond acceptors (Lipinski definition) is 1. The van der Waals surface area contributed by atoms with E-state index in [4.69, 9.17) is 0 Å². The smallest absolute Gasteiger partial charge is 0.0437 e. The van der Waals surface area contributed by atoms with E-state index in [1.165, 1.54) is 119 Å². The first kappa shape index (κ1) is 31.8. The van der Waals surface area contributed by atoms with Gasteiger partial charge in [0.1, 0.15) is 0 Å². The Balaban J connectivity index is 1.11. The number of benzene rings is 10. The number of fused-ring (bicyclic) bond motifs is 12. The summed E-state index contributed by atoms with van der Waals surface area (Å²) < 4.78 is 2.75. The Morgan fingerprint density at radius 3 is 1.64 bits per heavy atom. The van der Waals surface area contributed by atoms with Crippen LogP contribution in [0.25, 0.3) is 108 Å². The number of hydrogen-bond donors (Lipinski definition) is 0. The zero-order valence-corrected chi connectivity index (χ0v) is 32.0. The molecule has 0 fully saturated rings. The van der Waals surface area contributed by atoms with Crippen molar-refractivity contribution < 1.29 is 0 Å². The van der Waals surface area contributed by atoms with E-state index in [9.17, 15) is 0 Å². The van der Waals surface area contributed by atoms with E-state index in [0.717, 1.165) is 0 Å². The topological polar surface area (TPSA) is 0 Å². The Morgan fingerprint density at radius 2 is 0.929 bits per heavy atom. The van der Waals surface area contributed by atoms with Gasteiger partial charge in [-0.2, -0.15) is 0 Å². The minimum atomic E-state index is -0.145. The first-order valence-electron chi connectivity index (χ1n) is 19.6. The first-order valence-corrected chi connectivity index (χ1v) is 20.4. The van der Waals surface area contributed by atoms with Gasteiger partial charge in [-0.3, -0.25) is 0 Å². The van der Waals surface area contributed by atoms with Crippen LogP contribution in [0.2, 0.25) is 0 Å². The van der Waals surface area contributed by atoms with Crippen molar-refractivity contribution in [3.8, 4) is 44.5 Å². The standard InChI is InChI=1S/C55H36S/c1-55(2)48-31-26-35(32-47(48)45-27-24-34-25-28-46-39-18-12-13-23-49(39)56-54(46)51(34)53(45)55)50-40-19-8-10-21-42(40)52(43-22-11-9-20-41(43)50)44-30-29-36(33-14-4-3-5-15-33)37-16-6-7-17-38(37)44/h3-32H,1-2H3. The molecule has 262 valence electrons. The van der Waals surface area contributed by atoms with Crippen LogP contribution >= 0.6 is 11.3 Å². The zero-order valence-electron chi connectivity index (χ0n) is 31.2. The fourth-order valence-corrected chi connectivity index (χ4v) is 11.4. The van der Waals surface area contributed by atoms with Gasteiger partial charge in [0.25, 0.3) is 0 Å². The Bertz CT molecular complexity index is 3380. The minimum absolute atomic E-state index is 0.145. The van der Waals surface area contributed by atoms with Gasteiger partial charge in [-0.05, 0) is 105 Å². The molecule has 56 heavy (non-hydrogen) atoms. The number of thiophene rings is 1. The normalized spacial score (nSPS) is 13.3. The molecule has 11 aromatic rings. The third-order valence-corrected chi connectivity index (χ3v) is 13.8. The van der Waals surface area contributed by atoms with Gasteiger partial charge in [0.15, 0.2) is 0 Å². The highest BCUT2D eigenvalue weighted by atomic mass is 32.1. The molecule has 1 aliphatic rings. The van der Waals surface area contributed by atoms with E-state index in [0.29, 0.717) is 0 Å². The maximum Gasteiger partial charge on any atom is 0.0437 e. The highest BCUT2D eigenvalue weighted by Crippen LogP contribution is 2.55. The second-order valence-electron chi connectivity index (χ2n) is 15.9. The molecule has 12 rings (SSSR count). The Kier molecular flexibility index (Phi) is 6.66. The summed E-state index contributed by atoms with van der Waals surface area (Å²) in [5.74, 6) is 0. The molecule has 1 aromatic heterocycles. The molecule has 0 N–H and O–H groups in total. The summed E-state index contributed by atoms with van der Waals surface area (Å²) in [6, 6.07) is 68.1. The summed E-state index contributed by atoms with van der Waals surface area (Å²) in [5, 5.41) is 13.1. The molecule has 0 radical (unpaired) electrons. The van der Waals surface area contributed by atoms with Gasteiger partial charge in [0.05, 0.1) is 0 Å². The average molecular weight is 729 g/mol. The van der Waals surface area contributed by atoms with Gasteiger partial charge in [-0.1, -0.05) is 184 Å². The van der Waals surface area contributed by atoms with Crippen LogP contribution in [0.4, 0.5) is 0 Å². The quantitative estimate of drug-likeness (QED) is 0.159. The molecule has 10 aromatic carbocycles. The van der Waals surface area contributed by atoms with Crippen LogP contribution in [0.5, 0.6) is 0 Å². The van der Waals surface area contributed by atoms with E-state index in [-0.39, 0.29) is 5.41 Å². The van der Waals surface area contributed by atoms with Crippen LogP contribution in [-0.4, -0.2) is 0 Å². The van der Waals surface area contributed by atoms with Crippen molar-refractivity contribution in [3.05, 3.63) is 193 Å². The van der Waals surface area contributed by atoms with Crippen LogP contribution in [0.1, 0.15) is 25.0 Å². The Hall–Kier alpha value is -6.54. The van der Waals surface area contributed by atoms with Gasteiger partial charge in [-0.25, -0.2) is 0 Å². The lowest BCUT2D eigenvalue weighted by Crippen LogP contribution is -2.15. The van der Waals surface area contributed by atoms with Crippen molar-refractivity contribution in [2.45, 2.75) is 19.3 Å². The monoisotopic (exact) mass is 728 g/mol. The average Bonchev–Trinajstić information content (AvgIpc) is 3.74. The fraction of sp³-hybridized carbons (Fsp3) is 0.0545. The molecular weight excluding hydrogens is 693 g/mol. The van der Waals surface area contributed by atoms with Crippen LogP contribution in [0, 0.1) is 0 Å². The lowest BCUT2D eigenvalue weighted by molar-refractivity contribution is 0.667. The van der Waals surface area contributed by atoms with Crippen LogP contribution in [0.3, 0.4) is 0 Å². The van der Waals surface area contributed by atoms with Crippen molar-refractivity contribution in [1.82, 2.24) is 0 Å². The molecule has 0 atom stereocenters. The van der Waals surface area contributed by atoms with Crippen LogP contribution in [0.15, 0.2) is 182 Å². The van der Waals surface area contributed by atoms with Crippen molar-refractivity contribution in [3.63, 3.8) is 0 Å². The zero-order chi connectivity index (χ0) is 37.1. The molecule has 0 unspecified atom stereocenters. The molecule has 0 aliphatic heterocycles. The summed E-state index contributed by atoms with van der Waals surface area (Å²) in [6.45, 7) is 4.85. The molecule has 0 amide bonds. The highest BCUT2D eigenvalue weighted by molar-refractivity contribution is 7.26. The molecular formula is C55H36S. The van der Waals surface area contributed by atoms with E-state index in [2.05, 4.69) is 196 Å². The second kappa shape index (κ2) is 11.7. The van der Waals surface area contributed by atoms with Gasteiger partial charge in [-0.15, -0.1) is 11.3 Å². The Morgan fingerprint density at radius 1 is 0.375 bits per heavy atom. The molecule has 1 heterocycles. The van der Waals surface area contributed by atoms with Crippen LogP contribution < -0.4 is 0 Å². The van der Waals surface area contributed by atoms with Crippen molar-refractivity contribution in [2.24, 2.45) is 0 Å². The molecule has 0 bridgehead atoms. The minimum Gasteiger partial charge on any atom is -0.135 e. The molecule has 0 saturated carbocycles. The largest absolute Gasteiger partial charge is 0.135 e. The van der Waals surface area contributed by atoms with Gasteiger partial charge >= 0.3 is 0 Å². The molecule has 0 saturated heterocycles. The van der Waals surface area contributed by atoms with Crippen molar-refractivity contribution in [1.29, 1.82) is 0 Å². The molecule has 1 aliphatic carbocycles. The van der Waals surface area contributed by atoms with E-state index < -0.39 is 0 Å². The summed E-state index contributed by atoms with van der Waals surface area (Å²) in [5.41, 5.74) is 13.0. The maximum absolute atomic E-state index is 2.50. The van der Waals surface area contributed by atoms with Crippen molar-refractivity contribution in [2.75, 3.05) is 0 Å². The first-order chi connectivity index (χ1) is 27.6. The summed E-state index contributed by atoms with van der Waals surface area (Å²) >= 11 is 1.94. The predicted octanol–water partition coefficient (Wildman–Crippen LogP) is 16.0. The lowest BCUT2D eigenvalue weighted by atomic mass is 9.79. The van der Waals surface area contributed by atoms with Gasteiger partial charge < -0.3 is 0 Å². The molecule has 0 spiro atoms. The second-order valence-corrected chi connectivity index (χ2v) is 17.0. The predicted molar refractivity (Wildman–Crippen MR) is 243 cm³/mol. The molecule has 1 heteroatoms. The third-order valence-electron chi connectivity index (χ3n) is 12.6. The van der Waals surface area contributed by atoms with Crippen LogP contribution in [-0.2, 0) is 5.41 Å². The van der Waals surface area contributed by atoms with E-state index >= 15 is 0 Å². The maximum atomic E-state index is 2.50. The van der Waals surface area contributed by atoms with Gasteiger partial charge in [0, 0.05) is 31.0 Å². The third kappa shape index (κ3) is 4.35. The van der Waals surface area contributed by atoms with Crippen molar-refractivity contribution >= 4 is 74.6 Å². The summed E-state index contributed by atoms with van der Waals surface area (Å²) in [6.07, 6.45) is 0. The Labute approximate surface area is 329 Å². The SMILES string of the molecule is CC1(C)c2ccc(-c3c4ccccc4c(-c4ccc(-c5ccccc5)c5ccccc45)c4ccccc34)cc2-c2ccc3ccc4c5ccccc5sc4c3c21. The van der Waals surface area contributed by atoms with E-state index in [1.54, 1.807) is 0 Å². The highest BCUT2D eigenvalue weighted by Gasteiger charge is 2.38. The number of rotatable bonds is 3. The fourth-order valence-electron chi connectivity index (χ4n) is 10.2. The summed E-state index contributed by atoms with van der Waals surface area (Å²) in [7, 11) is 0. The lowest BCUT2D eigenvalue weighted by Gasteiger charge is -2.24. The van der Waals surface area contributed by atoms with E-state index in [1.807, 2.05) is 11.3 Å². The van der Waals surface area contributed by atoms with Gasteiger partial charge in [0.2, 0.25) is 0 Å². The summed E-state index contributed by atoms with van der Waals surface area (Å²) in [4.78, 5) is 0.